The van der Waals surface area contributed by atoms with Gasteiger partial charge in [-0.2, -0.15) is 11.8 Å². The number of aliphatic carboxylic acids is 1. The molecular formula is C13H22N2O3S. The van der Waals surface area contributed by atoms with E-state index in [1.54, 1.807) is 0 Å². The van der Waals surface area contributed by atoms with E-state index < -0.39 is 12.0 Å². The Morgan fingerprint density at radius 2 is 2.11 bits per heavy atom. The van der Waals surface area contributed by atoms with Crippen molar-refractivity contribution in [3.8, 4) is 0 Å². The van der Waals surface area contributed by atoms with Gasteiger partial charge in [0.05, 0.1) is 0 Å². The SMILES string of the molecule is CCSC1CCCC1NC(=O)N1CCC[C@@H]1C(=O)O. The number of carboxylic acids is 1. The van der Waals surface area contributed by atoms with Gasteiger partial charge in [-0.15, -0.1) is 0 Å². The summed E-state index contributed by atoms with van der Waals surface area (Å²) in [6, 6.07) is -0.635. The molecule has 1 saturated heterocycles. The molecule has 2 amide bonds. The van der Waals surface area contributed by atoms with Gasteiger partial charge >= 0.3 is 12.0 Å². The molecule has 0 radical (unpaired) electrons. The molecule has 2 N–H and O–H groups in total. The summed E-state index contributed by atoms with van der Waals surface area (Å²) in [6.45, 7) is 2.68. The van der Waals surface area contributed by atoms with E-state index in [9.17, 15) is 9.59 Å². The number of urea groups is 1. The molecule has 0 aromatic carbocycles. The number of nitrogens with one attached hydrogen (secondary N) is 1. The van der Waals surface area contributed by atoms with Gasteiger partial charge in [0.1, 0.15) is 6.04 Å². The van der Waals surface area contributed by atoms with Crippen LogP contribution in [0.15, 0.2) is 0 Å². The molecule has 2 rings (SSSR count). The van der Waals surface area contributed by atoms with E-state index in [2.05, 4.69) is 12.2 Å². The summed E-state index contributed by atoms with van der Waals surface area (Å²) in [5.74, 6) is 0.164. The van der Waals surface area contributed by atoms with Crippen LogP contribution >= 0.6 is 11.8 Å². The third kappa shape index (κ3) is 3.35. The van der Waals surface area contributed by atoms with E-state index in [1.807, 2.05) is 11.8 Å². The van der Waals surface area contributed by atoms with E-state index in [0.717, 1.165) is 31.4 Å². The molecule has 1 aliphatic carbocycles. The molecule has 5 nitrogen and oxygen atoms in total. The molecule has 19 heavy (non-hydrogen) atoms. The third-order valence-electron chi connectivity index (χ3n) is 3.94. The molecule has 0 aromatic heterocycles. The molecule has 0 bridgehead atoms. The number of likely N-dealkylation sites (tertiary alicyclic amines) is 1. The zero-order valence-corrected chi connectivity index (χ0v) is 12.1. The smallest absolute Gasteiger partial charge is 0.326 e. The lowest BCUT2D eigenvalue weighted by molar-refractivity contribution is -0.141. The molecule has 2 fully saturated rings. The third-order valence-corrected chi connectivity index (χ3v) is 5.27. The minimum atomic E-state index is -0.890. The summed E-state index contributed by atoms with van der Waals surface area (Å²) in [6.07, 6.45) is 4.65. The number of nitrogens with zero attached hydrogens (tertiary/aromatic N) is 1. The Balaban J connectivity index is 1.91. The van der Waals surface area contributed by atoms with E-state index in [1.165, 1.54) is 4.90 Å². The second-order valence-electron chi connectivity index (χ2n) is 5.17. The molecule has 6 heteroatoms. The lowest BCUT2D eigenvalue weighted by atomic mass is 10.2. The number of carbonyl (C=O) groups excluding carboxylic acids is 1. The summed E-state index contributed by atoms with van der Waals surface area (Å²) in [7, 11) is 0. The van der Waals surface area contributed by atoms with Crippen LogP contribution in [0.2, 0.25) is 0 Å². The van der Waals surface area contributed by atoms with Gasteiger partial charge in [-0.1, -0.05) is 13.3 Å². The average Bonchev–Trinajstić information content (AvgIpc) is 2.98. The minimum absolute atomic E-state index is 0.196. The highest BCUT2D eigenvalue weighted by Gasteiger charge is 2.36. The van der Waals surface area contributed by atoms with Gasteiger partial charge < -0.3 is 15.3 Å². The van der Waals surface area contributed by atoms with Gasteiger partial charge in [0.15, 0.2) is 0 Å². The van der Waals surface area contributed by atoms with Crippen LogP contribution < -0.4 is 5.32 Å². The fraction of sp³-hybridized carbons (Fsp3) is 0.846. The van der Waals surface area contributed by atoms with Crippen LogP contribution in [0.5, 0.6) is 0 Å². The first-order valence-electron chi connectivity index (χ1n) is 7.05. The second-order valence-corrected chi connectivity index (χ2v) is 6.69. The highest BCUT2D eigenvalue weighted by molar-refractivity contribution is 7.99. The van der Waals surface area contributed by atoms with Crippen LogP contribution in [-0.4, -0.2) is 51.6 Å². The highest BCUT2D eigenvalue weighted by Crippen LogP contribution is 2.30. The standard InChI is InChI=1S/C13H22N2O3S/c1-2-19-11-7-3-5-9(11)14-13(18)15-8-4-6-10(15)12(16)17/h9-11H,2-8H2,1H3,(H,14,18)(H,16,17)/t9?,10-,11?/m1/s1. The summed E-state index contributed by atoms with van der Waals surface area (Å²) in [4.78, 5) is 24.8. The molecular weight excluding hydrogens is 264 g/mol. The van der Waals surface area contributed by atoms with Gasteiger partial charge in [0.25, 0.3) is 0 Å². The Bertz CT molecular complexity index is 351. The van der Waals surface area contributed by atoms with Gasteiger partial charge in [-0.25, -0.2) is 9.59 Å². The van der Waals surface area contributed by atoms with E-state index in [-0.39, 0.29) is 12.1 Å². The lowest BCUT2D eigenvalue weighted by Gasteiger charge is -2.26. The van der Waals surface area contributed by atoms with Gasteiger partial charge in [-0.05, 0) is 31.4 Å². The Labute approximate surface area is 118 Å². The first-order valence-corrected chi connectivity index (χ1v) is 8.10. The molecule has 2 aliphatic rings. The zero-order chi connectivity index (χ0) is 13.8. The summed E-state index contributed by atoms with van der Waals surface area (Å²) >= 11 is 1.89. The molecule has 108 valence electrons. The zero-order valence-electron chi connectivity index (χ0n) is 11.3. The van der Waals surface area contributed by atoms with Crippen molar-refractivity contribution >= 4 is 23.8 Å². The summed E-state index contributed by atoms with van der Waals surface area (Å²) < 4.78 is 0. The molecule has 1 aliphatic heterocycles. The molecule has 0 spiro atoms. The molecule has 0 aromatic rings. The monoisotopic (exact) mass is 286 g/mol. The summed E-state index contributed by atoms with van der Waals surface area (Å²) in [5.41, 5.74) is 0. The number of hydrogen-bond acceptors (Lipinski definition) is 3. The number of thioether (sulfide) groups is 1. The number of carboxylic acid groups (broad SMARTS) is 1. The fourth-order valence-electron chi connectivity index (χ4n) is 3.01. The van der Waals surface area contributed by atoms with Crippen LogP contribution in [0, 0.1) is 0 Å². The maximum absolute atomic E-state index is 12.2. The number of rotatable bonds is 4. The van der Waals surface area contributed by atoms with Crippen LogP contribution in [0.25, 0.3) is 0 Å². The van der Waals surface area contributed by atoms with Crippen LogP contribution in [0.3, 0.4) is 0 Å². The first kappa shape index (κ1) is 14.5. The van der Waals surface area contributed by atoms with Gasteiger partial charge in [0, 0.05) is 17.8 Å². The van der Waals surface area contributed by atoms with Crippen molar-refractivity contribution in [1.82, 2.24) is 10.2 Å². The van der Waals surface area contributed by atoms with Gasteiger partial charge in [0.2, 0.25) is 0 Å². The normalized spacial score (nSPS) is 30.6. The van der Waals surface area contributed by atoms with Crippen molar-refractivity contribution in [2.45, 2.75) is 56.4 Å². The lowest BCUT2D eigenvalue weighted by Crippen LogP contribution is -2.50. The maximum atomic E-state index is 12.2. The van der Waals surface area contributed by atoms with Gasteiger partial charge in [-0.3, -0.25) is 0 Å². The first-order chi connectivity index (χ1) is 9.13. The maximum Gasteiger partial charge on any atom is 0.326 e. The van der Waals surface area contributed by atoms with Crippen molar-refractivity contribution in [1.29, 1.82) is 0 Å². The topological polar surface area (TPSA) is 69.6 Å². The minimum Gasteiger partial charge on any atom is -0.480 e. The van der Waals surface area contributed by atoms with E-state index in [4.69, 9.17) is 5.11 Å². The Hall–Kier alpha value is -0.910. The number of amides is 2. The van der Waals surface area contributed by atoms with Crippen molar-refractivity contribution in [2.75, 3.05) is 12.3 Å². The van der Waals surface area contributed by atoms with Crippen LogP contribution in [0.1, 0.15) is 39.0 Å². The number of hydrogen-bond donors (Lipinski definition) is 2. The molecule has 1 heterocycles. The molecule has 2 unspecified atom stereocenters. The molecule has 1 saturated carbocycles. The Morgan fingerprint density at radius 3 is 2.79 bits per heavy atom. The quantitative estimate of drug-likeness (QED) is 0.828. The second kappa shape index (κ2) is 6.50. The predicted molar refractivity (Wildman–Crippen MR) is 75.5 cm³/mol. The predicted octanol–water partition coefficient (Wildman–Crippen LogP) is 1.92. The van der Waals surface area contributed by atoms with Crippen molar-refractivity contribution in [3.63, 3.8) is 0 Å². The largest absolute Gasteiger partial charge is 0.480 e. The van der Waals surface area contributed by atoms with E-state index in [0.29, 0.717) is 18.2 Å². The van der Waals surface area contributed by atoms with E-state index >= 15 is 0 Å². The van der Waals surface area contributed by atoms with Crippen LogP contribution in [-0.2, 0) is 4.79 Å². The highest BCUT2D eigenvalue weighted by atomic mass is 32.2. The summed E-state index contributed by atoms with van der Waals surface area (Å²) in [5, 5.41) is 12.6. The van der Waals surface area contributed by atoms with Crippen molar-refractivity contribution in [3.05, 3.63) is 0 Å². The fourth-order valence-corrected chi connectivity index (χ4v) is 4.21. The Kier molecular flexibility index (Phi) is 4.96. The van der Waals surface area contributed by atoms with Crippen molar-refractivity contribution in [2.24, 2.45) is 0 Å². The van der Waals surface area contributed by atoms with Crippen LogP contribution in [0.4, 0.5) is 4.79 Å². The Morgan fingerprint density at radius 1 is 1.32 bits per heavy atom. The average molecular weight is 286 g/mol. The van der Waals surface area contributed by atoms with Crippen molar-refractivity contribution < 1.29 is 14.7 Å². The molecule has 3 atom stereocenters. The number of carbonyl (C=O) groups is 2.